The molecule has 0 radical (unpaired) electrons. The van der Waals surface area contributed by atoms with Gasteiger partial charge in [-0.25, -0.2) is 0 Å². The lowest BCUT2D eigenvalue weighted by Crippen LogP contribution is -2.49. The van der Waals surface area contributed by atoms with Crippen molar-refractivity contribution in [2.24, 2.45) is 0 Å². The Morgan fingerprint density at radius 3 is 2.33 bits per heavy atom. The van der Waals surface area contributed by atoms with Gasteiger partial charge in [0, 0.05) is 20.3 Å². The third-order valence-corrected chi connectivity index (χ3v) is 3.85. The van der Waals surface area contributed by atoms with Gasteiger partial charge >= 0.3 is 5.97 Å². The Balaban J connectivity index is 3.79. The average Bonchev–Trinajstić information content (AvgIpc) is 2.43. The van der Waals surface area contributed by atoms with E-state index in [0.29, 0.717) is 19.6 Å². The molecule has 1 atom stereocenters. The quantitative estimate of drug-likeness (QED) is 0.512. The zero-order valence-electron chi connectivity index (χ0n) is 14.3. The number of ether oxygens (including phenoxy) is 2. The van der Waals surface area contributed by atoms with Gasteiger partial charge in [0.25, 0.3) is 0 Å². The summed E-state index contributed by atoms with van der Waals surface area (Å²) in [6.45, 7) is 9.93. The predicted molar refractivity (Wildman–Crippen MR) is 84.7 cm³/mol. The third kappa shape index (κ3) is 9.06. The number of carboxylic acids is 1. The first-order chi connectivity index (χ1) is 9.77. The molecule has 0 aromatic rings. The summed E-state index contributed by atoms with van der Waals surface area (Å²) in [5.41, 5.74) is -0.972. The van der Waals surface area contributed by atoms with Gasteiger partial charge in [0.1, 0.15) is 5.54 Å². The number of hydrogen-bond donors (Lipinski definition) is 2. The van der Waals surface area contributed by atoms with E-state index in [4.69, 9.17) is 9.47 Å². The van der Waals surface area contributed by atoms with E-state index in [9.17, 15) is 9.90 Å². The smallest absolute Gasteiger partial charge is 0.323 e. The molecule has 2 N–H and O–H groups in total. The first kappa shape index (κ1) is 20.3. The Kier molecular flexibility index (Phi) is 9.83. The molecule has 0 aliphatic rings. The highest BCUT2D eigenvalue weighted by Crippen LogP contribution is 2.15. The molecule has 0 fully saturated rings. The molecule has 0 heterocycles. The molecule has 0 bridgehead atoms. The van der Waals surface area contributed by atoms with E-state index in [1.54, 1.807) is 14.0 Å². The maximum atomic E-state index is 11.3. The Hall–Kier alpha value is -0.650. The van der Waals surface area contributed by atoms with Crippen molar-refractivity contribution in [1.29, 1.82) is 0 Å². The van der Waals surface area contributed by atoms with Crippen molar-refractivity contribution in [2.45, 2.75) is 70.9 Å². The Labute approximate surface area is 129 Å². The van der Waals surface area contributed by atoms with Crippen LogP contribution in [-0.4, -0.2) is 49.1 Å². The van der Waals surface area contributed by atoms with Crippen molar-refractivity contribution in [3.63, 3.8) is 0 Å². The van der Waals surface area contributed by atoms with Crippen LogP contribution in [0.3, 0.4) is 0 Å². The molecule has 0 aliphatic carbocycles. The van der Waals surface area contributed by atoms with Crippen molar-refractivity contribution in [3.8, 4) is 0 Å². The summed E-state index contributed by atoms with van der Waals surface area (Å²) >= 11 is 0. The fraction of sp³-hybridized carbons (Fsp3) is 0.938. The molecule has 0 aromatic carbocycles. The largest absolute Gasteiger partial charge is 0.480 e. The van der Waals surface area contributed by atoms with Crippen molar-refractivity contribution in [1.82, 2.24) is 5.32 Å². The topological polar surface area (TPSA) is 67.8 Å². The van der Waals surface area contributed by atoms with Gasteiger partial charge in [-0.05, 0) is 59.4 Å². The summed E-state index contributed by atoms with van der Waals surface area (Å²) in [6, 6.07) is 0. The number of rotatable bonds is 13. The maximum absolute atomic E-state index is 11.3. The van der Waals surface area contributed by atoms with E-state index in [1.807, 2.05) is 20.8 Å². The van der Waals surface area contributed by atoms with Gasteiger partial charge in [0.2, 0.25) is 0 Å². The number of carbonyl (C=O) groups is 1. The maximum Gasteiger partial charge on any atom is 0.323 e. The number of carboxylic acid groups (broad SMARTS) is 1. The van der Waals surface area contributed by atoms with Gasteiger partial charge in [0.15, 0.2) is 0 Å². The third-order valence-electron chi connectivity index (χ3n) is 3.85. The lowest BCUT2D eigenvalue weighted by Gasteiger charge is -2.26. The molecule has 0 amide bonds. The molecular weight excluding hydrogens is 270 g/mol. The predicted octanol–water partition coefficient (Wildman–Crippen LogP) is 2.83. The van der Waals surface area contributed by atoms with Crippen molar-refractivity contribution >= 4 is 5.97 Å². The molecule has 0 saturated heterocycles. The van der Waals surface area contributed by atoms with Crippen LogP contribution in [0.4, 0.5) is 0 Å². The summed E-state index contributed by atoms with van der Waals surface area (Å²) in [4.78, 5) is 11.3. The van der Waals surface area contributed by atoms with Crippen molar-refractivity contribution in [3.05, 3.63) is 0 Å². The Morgan fingerprint density at radius 1 is 1.14 bits per heavy atom. The monoisotopic (exact) mass is 303 g/mol. The standard InChI is InChI=1S/C16H33NO4/c1-6-11-17-16(4,14(18)19)9-7-8-12-21-13-10-15(2,3)20-5/h17H,6-13H2,1-5H3,(H,18,19). The molecule has 5 heteroatoms. The molecular formula is C16H33NO4. The molecule has 0 aromatic heterocycles. The molecule has 0 rings (SSSR count). The van der Waals surface area contributed by atoms with Gasteiger partial charge in [-0.15, -0.1) is 0 Å². The van der Waals surface area contributed by atoms with Crippen LogP contribution in [0.2, 0.25) is 0 Å². The fourth-order valence-electron chi connectivity index (χ4n) is 1.88. The van der Waals surface area contributed by atoms with Crippen LogP contribution in [0.25, 0.3) is 0 Å². The second kappa shape index (κ2) is 10.1. The summed E-state index contributed by atoms with van der Waals surface area (Å²) in [6.07, 6.45) is 4.13. The summed E-state index contributed by atoms with van der Waals surface area (Å²) in [5, 5.41) is 12.4. The van der Waals surface area contributed by atoms with Gasteiger partial charge in [-0.3, -0.25) is 4.79 Å². The lowest BCUT2D eigenvalue weighted by molar-refractivity contribution is -0.144. The molecule has 5 nitrogen and oxygen atoms in total. The van der Waals surface area contributed by atoms with E-state index in [2.05, 4.69) is 5.32 Å². The van der Waals surface area contributed by atoms with Gasteiger partial charge in [-0.1, -0.05) is 6.92 Å². The summed E-state index contributed by atoms with van der Waals surface area (Å²) < 4.78 is 10.9. The molecule has 0 aliphatic heterocycles. The summed E-state index contributed by atoms with van der Waals surface area (Å²) in [5.74, 6) is -0.779. The lowest BCUT2D eigenvalue weighted by atomic mass is 9.95. The number of nitrogens with one attached hydrogen (secondary N) is 1. The second-order valence-corrected chi connectivity index (χ2v) is 6.35. The molecule has 0 saturated carbocycles. The van der Waals surface area contributed by atoms with E-state index in [0.717, 1.165) is 32.2 Å². The van der Waals surface area contributed by atoms with Gasteiger partial charge in [0.05, 0.1) is 5.60 Å². The Bertz CT molecular complexity index is 294. The van der Waals surface area contributed by atoms with Crippen LogP contribution in [0.1, 0.15) is 59.8 Å². The van der Waals surface area contributed by atoms with E-state index < -0.39 is 11.5 Å². The minimum atomic E-state index is -0.825. The van der Waals surface area contributed by atoms with E-state index >= 15 is 0 Å². The SMILES string of the molecule is CCCNC(C)(CCCCOCCC(C)(C)OC)C(=O)O. The van der Waals surface area contributed by atoms with Crippen molar-refractivity contribution in [2.75, 3.05) is 26.9 Å². The average molecular weight is 303 g/mol. The van der Waals surface area contributed by atoms with Crippen LogP contribution < -0.4 is 5.32 Å². The minimum absolute atomic E-state index is 0.147. The number of unbranched alkanes of at least 4 members (excludes halogenated alkanes) is 1. The Morgan fingerprint density at radius 2 is 1.81 bits per heavy atom. The highest BCUT2D eigenvalue weighted by Gasteiger charge is 2.31. The van der Waals surface area contributed by atoms with E-state index in [1.165, 1.54) is 0 Å². The van der Waals surface area contributed by atoms with Crippen molar-refractivity contribution < 1.29 is 19.4 Å². The van der Waals surface area contributed by atoms with Crippen LogP contribution in [0.15, 0.2) is 0 Å². The number of aliphatic carboxylic acids is 1. The van der Waals surface area contributed by atoms with Gasteiger partial charge < -0.3 is 19.9 Å². The van der Waals surface area contributed by atoms with Crippen LogP contribution in [-0.2, 0) is 14.3 Å². The zero-order chi connectivity index (χ0) is 16.4. The zero-order valence-corrected chi connectivity index (χ0v) is 14.3. The minimum Gasteiger partial charge on any atom is -0.480 e. The molecule has 21 heavy (non-hydrogen) atoms. The first-order valence-corrected chi connectivity index (χ1v) is 7.89. The molecule has 126 valence electrons. The van der Waals surface area contributed by atoms with E-state index in [-0.39, 0.29) is 5.60 Å². The van der Waals surface area contributed by atoms with Crippen LogP contribution in [0, 0.1) is 0 Å². The van der Waals surface area contributed by atoms with Gasteiger partial charge in [-0.2, -0.15) is 0 Å². The second-order valence-electron chi connectivity index (χ2n) is 6.35. The van der Waals surface area contributed by atoms with Crippen LogP contribution >= 0.6 is 0 Å². The molecule has 0 spiro atoms. The molecule has 1 unspecified atom stereocenters. The fourth-order valence-corrected chi connectivity index (χ4v) is 1.88. The normalized spacial score (nSPS) is 14.9. The van der Waals surface area contributed by atoms with Crippen LogP contribution in [0.5, 0.6) is 0 Å². The summed E-state index contributed by atoms with van der Waals surface area (Å²) in [7, 11) is 1.70. The highest BCUT2D eigenvalue weighted by molar-refractivity contribution is 5.78. The number of hydrogen-bond acceptors (Lipinski definition) is 4. The highest BCUT2D eigenvalue weighted by atomic mass is 16.5. The first-order valence-electron chi connectivity index (χ1n) is 7.89. The number of methoxy groups -OCH3 is 1.